The Balaban J connectivity index is 2.28. The van der Waals surface area contributed by atoms with Gasteiger partial charge in [-0.3, -0.25) is 9.59 Å². The summed E-state index contributed by atoms with van der Waals surface area (Å²) in [6, 6.07) is -0.390. The Hall–Kier alpha value is -1.65. The van der Waals surface area contributed by atoms with Crippen molar-refractivity contribution in [3.8, 4) is 0 Å². The standard InChI is InChI=1S/C11H17N3O2/c1-3-10(15)8(2)14-11(16)5-4-9-6-12-7-13-9/h6-8H,3-5H2,1-2H3,(H,12,13)(H,14,16). The van der Waals surface area contributed by atoms with Crippen molar-refractivity contribution >= 4 is 11.7 Å². The van der Waals surface area contributed by atoms with Crippen molar-refractivity contribution in [2.24, 2.45) is 0 Å². The van der Waals surface area contributed by atoms with Crippen molar-refractivity contribution in [3.63, 3.8) is 0 Å². The summed E-state index contributed by atoms with van der Waals surface area (Å²) in [4.78, 5) is 29.5. The number of imidazole rings is 1. The summed E-state index contributed by atoms with van der Waals surface area (Å²) in [6.45, 7) is 3.50. The van der Waals surface area contributed by atoms with Crippen molar-refractivity contribution < 1.29 is 9.59 Å². The first-order valence-electron chi connectivity index (χ1n) is 5.42. The number of nitrogens with zero attached hydrogens (tertiary/aromatic N) is 1. The summed E-state index contributed by atoms with van der Waals surface area (Å²) in [7, 11) is 0. The molecule has 1 rings (SSSR count). The zero-order valence-electron chi connectivity index (χ0n) is 9.62. The summed E-state index contributed by atoms with van der Waals surface area (Å²) in [6.07, 6.45) is 4.69. The van der Waals surface area contributed by atoms with Crippen LogP contribution in [0.4, 0.5) is 0 Å². The van der Waals surface area contributed by atoms with Gasteiger partial charge in [0.2, 0.25) is 5.91 Å². The number of Topliss-reactive ketones (excluding diaryl/α,β-unsaturated/α-hetero) is 1. The number of rotatable bonds is 6. The van der Waals surface area contributed by atoms with Crippen molar-refractivity contribution in [3.05, 3.63) is 18.2 Å². The second-order valence-corrected chi connectivity index (χ2v) is 3.69. The summed E-state index contributed by atoms with van der Waals surface area (Å²) < 4.78 is 0. The van der Waals surface area contributed by atoms with E-state index in [2.05, 4.69) is 15.3 Å². The van der Waals surface area contributed by atoms with E-state index in [-0.39, 0.29) is 17.7 Å². The van der Waals surface area contributed by atoms with E-state index in [1.807, 2.05) is 0 Å². The molecular weight excluding hydrogens is 206 g/mol. The second kappa shape index (κ2) is 6.05. The maximum absolute atomic E-state index is 11.5. The number of carbonyl (C=O) groups is 2. The molecule has 1 unspecified atom stereocenters. The van der Waals surface area contributed by atoms with Gasteiger partial charge in [-0.05, 0) is 13.3 Å². The van der Waals surface area contributed by atoms with Gasteiger partial charge in [0.15, 0.2) is 5.78 Å². The molecule has 0 aliphatic heterocycles. The van der Waals surface area contributed by atoms with Crippen LogP contribution >= 0.6 is 0 Å². The first kappa shape index (κ1) is 12.4. The molecule has 0 saturated carbocycles. The zero-order chi connectivity index (χ0) is 12.0. The van der Waals surface area contributed by atoms with Crippen LogP contribution in [0.5, 0.6) is 0 Å². The number of amides is 1. The Morgan fingerprint density at radius 3 is 2.88 bits per heavy atom. The topological polar surface area (TPSA) is 74.8 Å². The second-order valence-electron chi connectivity index (χ2n) is 3.69. The van der Waals surface area contributed by atoms with Crippen LogP contribution in [0.2, 0.25) is 0 Å². The van der Waals surface area contributed by atoms with Gasteiger partial charge in [-0.15, -0.1) is 0 Å². The third-order valence-corrected chi connectivity index (χ3v) is 2.39. The lowest BCUT2D eigenvalue weighted by molar-refractivity contribution is -0.127. The van der Waals surface area contributed by atoms with E-state index in [0.29, 0.717) is 19.3 Å². The van der Waals surface area contributed by atoms with E-state index in [1.54, 1.807) is 26.4 Å². The molecule has 0 aromatic carbocycles. The highest BCUT2D eigenvalue weighted by molar-refractivity contribution is 5.88. The van der Waals surface area contributed by atoms with Crippen molar-refractivity contribution in [2.45, 2.75) is 39.2 Å². The number of hydrogen-bond acceptors (Lipinski definition) is 3. The van der Waals surface area contributed by atoms with Gasteiger partial charge < -0.3 is 10.3 Å². The first-order chi connectivity index (χ1) is 7.63. The van der Waals surface area contributed by atoms with Gasteiger partial charge >= 0.3 is 0 Å². The van der Waals surface area contributed by atoms with Crippen LogP contribution in [0.15, 0.2) is 12.5 Å². The molecule has 16 heavy (non-hydrogen) atoms. The fraction of sp³-hybridized carbons (Fsp3) is 0.545. The lowest BCUT2D eigenvalue weighted by Crippen LogP contribution is -2.38. The van der Waals surface area contributed by atoms with Crippen molar-refractivity contribution in [2.75, 3.05) is 0 Å². The molecule has 0 aliphatic carbocycles. The van der Waals surface area contributed by atoms with Crippen LogP contribution in [0.25, 0.3) is 0 Å². The molecule has 0 saturated heterocycles. The van der Waals surface area contributed by atoms with E-state index in [0.717, 1.165) is 5.69 Å². The largest absolute Gasteiger partial charge is 0.348 e. The Labute approximate surface area is 94.7 Å². The number of hydrogen-bond donors (Lipinski definition) is 2. The Morgan fingerprint density at radius 2 is 2.31 bits per heavy atom. The number of carbonyl (C=O) groups excluding carboxylic acids is 2. The minimum atomic E-state index is -0.390. The van der Waals surface area contributed by atoms with Gasteiger partial charge in [0.1, 0.15) is 0 Å². The molecule has 1 aromatic rings. The fourth-order valence-corrected chi connectivity index (χ4v) is 1.37. The molecule has 0 fully saturated rings. The van der Waals surface area contributed by atoms with Crippen LogP contribution in [0.3, 0.4) is 0 Å². The minimum Gasteiger partial charge on any atom is -0.348 e. The van der Waals surface area contributed by atoms with Crippen LogP contribution in [-0.2, 0) is 16.0 Å². The van der Waals surface area contributed by atoms with Gasteiger partial charge in [0, 0.05) is 24.7 Å². The van der Waals surface area contributed by atoms with Crippen LogP contribution in [-0.4, -0.2) is 27.7 Å². The molecule has 0 spiro atoms. The van der Waals surface area contributed by atoms with E-state index < -0.39 is 0 Å². The molecule has 0 radical (unpaired) electrons. The average molecular weight is 223 g/mol. The summed E-state index contributed by atoms with van der Waals surface area (Å²) in [5.74, 6) is -0.0567. The van der Waals surface area contributed by atoms with Crippen molar-refractivity contribution in [1.82, 2.24) is 15.3 Å². The van der Waals surface area contributed by atoms with Gasteiger partial charge in [-0.1, -0.05) is 6.92 Å². The maximum atomic E-state index is 11.5. The van der Waals surface area contributed by atoms with Crippen LogP contribution in [0, 0.1) is 0 Å². The highest BCUT2D eigenvalue weighted by atomic mass is 16.2. The molecule has 2 N–H and O–H groups in total. The summed E-state index contributed by atoms with van der Waals surface area (Å²) >= 11 is 0. The number of nitrogens with one attached hydrogen (secondary N) is 2. The monoisotopic (exact) mass is 223 g/mol. The quantitative estimate of drug-likeness (QED) is 0.750. The Kier molecular flexibility index (Phi) is 4.69. The third kappa shape index (κ3) is 3.84. The molecule has 1 aromatic heterocycles. The normalized spacial score (nSPS) is 12.1. The van der Waals surface area contributed by atoms with E-state index in [9.17, 15) is 9.59 Å². The van der Waals surface area contributed by atoms with Crippen LogP contribution in [0.1, 0.15) is 32.4 Å². The van der Waals surface area contributed by atoms with E-state index >= 15 is 0 Å². The predicted octanol–water partition coefficient (Wildman–Crippen LogP) is 0.826. The van der Waals surface area contributed by atoms with E-state index in [1.165, 1.54) is 0 Å². The Morgan fingerprint density at radius 1 is 1.56 bits per heavy atom. The van der Waals surface area contributed by atoms with E-state index in [4.69, 9.17) is 0 Å². The molecule has 1 heterocycles. The highest BCUT2D eigenvalue weighted by Crippen LogP contribution is 1.98. The number of aromatic amines is 1. The van der Waals surface area contributed by atoms with Crippen molar-refractivity contribution in [1.29, 1.82) is 0 Å². The average Bonchev–Trinajstić information content (AvgIpc) is 2.78. The number of H-pyrrole nitrogens is 1. The SMILES string of the molecule is CCC(=O)C(C)NC(=O)CCc1cnc[nH]1. The lowest BCUT2D eigenvalue weighted by atomic mass is 10.1. The number of ketones is 1. The van der Waals surface area contributed by atoms with Gasteiger partial charge in [0.25, 0.3) is 0 Å². The molecule has 1 atom stereocenters. The molecule has 5 nitrogen and oxygen atoms in total. The molecular formula is C11H17N3O2. The predicted molar refractivity (Wildman–Crippen MR) is 59.8 cm³/mol. The Bertz CT molecular complexity index is 346. The van der Waals surface area contributed by atoms with Gasteiger partial charge in [0.05, 0.1) is 12.4 Å². The smallest absolute Gasteiger partial charge is 0.220 e. The fourth-order valence-electron chi connectivity index (χ4n) is 1.37. The zero-order valence-corrected chi connectivity index (χ0v) is 9.62. The molecule has 1 amide bonds. The summed E-state index contributed by atoms with van der Waals surface area (Å²) in [5.41, 5.74) is 0.921. The maximum Gasteiger partial charge on any atom is 0.220 e. The number of aryl methyl sites for hydroxylation is 1. The third-order valence-electron chi connectivity index (χ3n) is 2.39. The lowest BCUT2D eigenvalue weighted by Gasteiger charge is -2.11. The molecule has 0 bridgehead atoms. The molecule has 0 aliphatic rings. The summed E-state index contributed by atoms with van der Waals surface area (Å²) in [5, 5.41) is 2.67. The minimum absolute atomic E-state index is 0.0508. The molecule has 88 valence electrons. The highest BCUT2D eigenvalue weighted by Gasteiger charge is 2.13. The number of aromatic nitrogens is 2. The van der Waals surface area contributed by atoms with Crippen LogP contribution < -0.4 is 5.32 Å². The van der Waals surface area contributed by atoms with Gasteiger partial charge in [-0.25, -0.2) is 4.98 Å². The molecule has 5 heteroatoms. The first-order valence-corrected chi connectivity index (χ1v) is 5.42. The van der Waals surface area contributed by atoms with Gasteiger partial charge in [-0.2, -0.15) is 0 Å².